The number of carbonyl (C=O) groups excluding carboxylic acids is 1. The Morgan fingerprint density at radius 3 is 2.33 bits per heavy atom. The Balaban J connectivity index is 2.01. The Kier molecular flexibility index (Phi) is 5.38. The molecule has 140 valence electrons. The molecule has 7 nitrogen and oxygen atoms in total. The summed E-state index contributed by atoms with van der Waals surface area (Å²) >= 11 is 0. The zero-order valence-electron chi connectivity index (χ0n) is 14.7. The highest BCUT2D eigenvalue weighted by atomic mass is 32.2. The molecule has 0 aliphatic heterocycles. The largest absolute Gasteiger partial charge is 0.330 e. The molecule has 1 amide bonds. The van der Waals surface area contributed by atoms with E-state index in [4.69, 9.17) is 5.21 Å². The Morgan fingerprint density at radius 2 is 1.74 bits per heavy atom. The molecular weight excluding hydrogens is 366 g/mol. The Labute approximate surface area is 157 Å². The van der Waals surface area contributed by atoms with Crippen molar-refractivity contribution >= 4 is 15.7 Å². The molecule has 27 heavy (non-hydrogen) atoms. The molecule has 1 aromatic heterocycles. The maximum Gasteiger partial charge on any atom is 0.245 e. The standard InChI is InChI=1S/C19H19N3O4S/c1-27(25,26)16-9-7-15(8-10-16)19-20-17(14-5-3-2-4-6-14)13-22(19)12-11-18(23)21-24/h2-10,13,24H,11-12H2,1H3,(H,21,23). The minimum absolute atomic E-state index is 0.0789. The first kappa shape index (κ1) is 18.8. The summed E-state index contributed by atoms with van der Waals surface area (Å²) in [6, 6.07) is 16.1. The second kappa shape index (κ2) is 7.73. The monoisotopic (exact) mass is 385 g/mol. The molecule has 2 N–H and O–H groups in total. The minimum Gasteiger partial charge on any atom is -0.330 e. The number of hydroxylamine groups is 1. The molecule has 8 heteroatoms. The number of aromatic nitrogens is 2. The average molecular weight is 385 g/mol. The number of hydrogen-bond acceptors (Lipinski definition) is 5. The topological polar surface area (TPSA) is 101 Å². The van der Waals surface area contributed by atoms with Crippen LogP contribution >= 0.6 is 0 Å². The van der Waals surface area contributed by atoms with Crippen LogP contribution in [0.25, 0.3) is 22.6 Å². The average Bonchev–Trinajstić information content (AvgIpc) is 3.10. The molecule has 1 heterocycles. The molecule has 3 aromatic rings. The molecule has 0 saturated heterocycles. The van der Waals surface area contributed by atoms with Crippen LogP contribution in [0, 0.1) is 0 Å². The number of sulfone groups is 1. The first-order valence-electron chi connectivity index (χ1n) is 8.24. The van der Waals surface area contributed by atoms with Gasteiger partial charge in [-0.15, -0.1) is 0 Å². The number of aryl methyl sites for hydroxylation is 1. The van der Waals surface area contributed by atoms with Crippen molar-refractivity contribution in [3.8, 4) is 22.6 Å². The summed E-state index contributed by atoms with van der Waals surface area (Å²) in [4.78, 5) is 16.3. The van der Waals surface area contributed by atoms with Crippen molar-refractivity contribution in [2.45, 2.75) is 17.9 Å². The minimum atomic E-state index is -3.28. The second-order valence-electron chi connectivity index (χ2n) is 6.09. The Morgan fingerprint density at radius 1 is 1.07 bits per heavy atom. The summed E-state index contributed by atoms with van der Waals surface area (Å²) in [5, 5.41) is 8.71. The molecule has 0 spiro atoms. The fraction of sp³-hybridized carbons (Fsp3) is 0.158. The van der Waals surface area contributed by atoms with Gasteiger partial charge in [-0.3, -0.25) is 10.0 Å². The molecule has 0 fully saturated rings. The molecule has 0 aliphatic carbocycles. The molecule has 3 rings (SSSR count). The van der Waals surface area contributed by atoms with E-state index in [1.54, 1.807) is 17.6 Å². The van der Waals surface area contributed by atoms with Gasteiger partial charge in [-0.2, -0.15) is 0 Å². The van der Waals surface area contributed by atoms with Gasteiger partial charge in [0.2, 0.25) is 5.91 Å². The lowest BCUT2D eigenvalue weighted by Gasteiger charge is -2.07. The van der Waals surface area contributed by atoms with Crippen LogP contribution < -0.4 is 5.48 Å². The van der Waals surface area contributed by atoms with E-state index in [-0.39, 0.29) is 11.3 Å². The number of carbonyl (C=O) groups is 1. The van der Waals surface area contributed by atoms with Crippen LogP contribution in [0.1, 0.15) is 6.42 Å². The number of hydrogen-bond donors (Lipinski definition) is 2. The van der Waals surface area contributed by atoms with Crippen molar-refractivity contribution in [1.29, 1.82) is 0 Å². The normalized spacial score (nSPS) is 11.3. The fourth-order valence-corrected chi connectivity index (χ4v) is 3.32. The van der Waals surface area contributed by atoms with Crippen LogP contribution in [0.15, 0.2) is 65.7 Å². The highest BCUT2D eigenvalue weighted by Gasteiger charge is 2.14. The third-order valence-corrected chi connectivity index (χ3v) is 5.22. The van der Waals surface area contributed by atoms with E-state index in [1.165, 1.54) is 12.1 Å². The van der Waals surface area contributed by atoms with Gasteiger partial charge >= 0.3 is 0 Å². The summed E-state index contributed by atoms with van der Waals surface area (Å²) in [7, 11) is -3.28. The van der Waals surface area contributed by atoms with Crippen LogP contribution in [0.2, 0.25) is 0 Å². The van der Waals surface area contributed by atoms with Crippen molar-refractivity contribution in [1.82, 2.24) is 15.0 Å². The quantitative estimate of drug-likeness (QED) is 0.501. The Bertz CT molecular complexity index is 1040. The van der Waals surface area contributed by atoms with Crippen LogP contribution in [-0.2, 0) is 21.2 Å². The number of nitrogens with zero attached hydrogens (tertiary/aromatic N) is 2. The van der Waals surface area contributed by atoms with Gasteiger partial charge in [0.15, 0.2) is 9.84 Å². The lowest BCUT2D eigenvalue weighted by Crippen LogP contribution is -2.20. The van der Waals surface area contributed by atoms with Crippen molar-refractivity contribution in [2.24, 2.45) is 0 Å². The van der Waals surface area contributed by atoms with E-state index >= 15 is 0 Å². The van der Waals surface area contributed by atoms with E-state index < -0.39 is 15.7 Å². The molecule has 0 saturated carbocycles. The zero-order valence-corrected chi connectivity index (χ0v) is 15.5. The van der Waals surface area contributed by atoms with E-state index in [2.05, 4.69) is 4.98 Å². The molecule has 0 atom stereocenters. The van der Waals surface area contributed by atoms with Gasteiger partial charge in [0.1, 0.15) is 5.82 Å². The van der Waals surface area contributed by atoms with E-state index in [0.717, 1.165) is 23.1 Å². The van der Waals surface area contributed by atoms with Gasteiger partial charge in [-0.1, -0.05) is 30.3 Å². The third kappa shape index (κ3) is 4.42. The number of amides is 1. The predicted molar refractivity (Wildman–Crippen MR) is 101 cm³/mol. The maximum atomic E-state index is 11.7. The second-order valence-corrected chi connectivity index (χ2v) is 8.11. The molecular formula is C19H19N3O4S. The molecule has 0 unspecified atom stereocenters. The zero-order chi connectivity index (χ0) is 19.4. The van der Waals surface area contributed by atoms with Gasteiger partial charge in [0.05, 0.1) is 10.6 Å². The summed E-state index contributed by atoms with van der Waals surface area (Å²) in [5.74, 6) is 0.114. The summed E-state index contributed by atoms with van der Waals surface area (Å²) in [5.41, 5.74) is 4.01. The smallest absolute Gasteiger partial charge is 0.245 e. The first-order valence-corrected chi connectivity index (χ1v) is 10.1. The van der Waals surface area contributed by atoms with E-state index in [9.17, 15) is 13.2 Å². The van der Waals surface area contributed by atoms with Gasteiger partial charge in [0.25, 0.3) is 0 Å². The highest BCUT2D eigenvalue weighted by Crippen LogP contribution is 2.26. The highest BCUT2D eigenvalue weighted by molar-refractivity contribution is 7.90. The van der Waals surface area contributed by atoms with Gasteiger partial charge < -0.3 is 4.57 Å². The SMILES string of the molecule is CS(=O)(=O)c1ccc(-c2nc(-c3ccccc3)cn2CCC(=O)NO)cc1. The summed E-state index contributed by atoms with van der Waals surface area (Å²) in [6.45, 7) is 0.315. The van der Waals surface area contributed by atoms with Crippen molar-refractivity contribution in [3.05, 3.63) is 60.8 Å². The Hall–Kier alpha value is -2.97. The van der Waals surface area contributed by atoms with Gasteiger partial charge in [0, 0.05) is 36.5 Å². The summed E-state index contributed by atoms with van der Waals surface area (Å²) < 4.78 is 25.1. The molecule has 0 aliphatic rings. The number of rotatable bonds is 6. The maximum absolute atomic E-state index is 11.7. The van der Waals surface area contributed by atoms with E-state index in [0.29, 0.717) is 12.4 Å². The van der Waals surface area contributed by atoms with Crippen LogP contribution in [0.4, 0.5) is 0 Å². The molecule has 0 bridgehead atoms. The number of nitrogens with one attached hydrogen (secondary N) is 1. The van der Waals surface area contributed by atoms with Crippen molar-refractivity contribution < 1.29 is 18.4 Å². The van der Waals surface area contributed by atoms with Crippen LogP contribution in [-0.4, -0.2) is 35.3 Å². The van der Waals surface area contributed by atoms with Gasteiger partial charge in [-0.25, -0.2) is 18.9 Å². The lowest BCUT2D eigenvalue weighted by molar-refractivity contribution is -0.129. The predicted octanol–water partition coefficient (Wildman–Crippen LogP) is 2.52. The molecule has 0 radical (unpaired) electrons. The summed E-state index contributed by atoms with van der Waals surface area (Å²) in [6.07, 6.45) is 3.07. The number of imidazole rings is 1. The van der Waals surface area contributed by atoms with Crippen LogP contribution in [0.3, 0.4) is 0 Å². The first-order chi connectivity index (χ1) is 12.9. The van der Waals surface area contributed by atoms with E-state index in [1.807, 2.05) is 41.1 Å². The van der Waals surface area contributed by atoms with Crippen molar-refractivity contribution in [3.63, 3.8) is 0 Å². The van der Waals surface area contributed by atoms with Crippen LogP contribution in [0.5, 0.6) is 0 Å². The third-order valence-electron chi connectivity index (χ3n) is 4.09. The van der Waals surface area contributed by atoms with Gasteiger partial charge in [-0.05, 0) is 24.3 Å². The molecule has 2 aromatic carbocycles. The fourth-order valence-electron chi connectivity index (χ4n) is 2.69. The van der Waals surface area contributed by atoms with Crippen molar-refractivity contribution in [2.75, 3.05) is 6.26 Å². The lowest BCUT2D eigenvalue weighted by atomic mass is 10.2. The number of benzene rings is 2.